The lowest BCUT2D eigenvalue weighted by Gasteiger charge is -1.98. The first-order chi connectivity index (χ1) is 7.63. The van der Waals surface area contributed by atoms with Crippen LogP contribution in [0.2, 0.25) is 0 Å². The maximum absolute atomic E-state index is 5.50. The Hall–Kier alpha value is -1.62. The molecule has 2 N–H and O–H groups in total. The molecule has 2 rings (SSSR count). The van der Waals surface area contributed by atoms with Crippen molar-refractivity contribution in [3.8, 4) is 11.3 Å². The molecule has 0 aliphatic carbocycles. The van der Waals surface area contributed by atoms with E-state index in [4.69, 9.17) is 5.73 Å². The summed E-state index contributed by atoms with van der Waals surface area (Å²) >= 11 is 0. The van der Waals surface area contributed by atoms with Crippen LogP contribution in [-0.2, 0) is 13.6 Å². The maximum atomic E-state index is 5.50. The molecule has 0 saturated heterocycles. The minimum absolute atomic E-state index is 0.603. The molecule has 86 valence electrons. The van der Waals surface area contributed by atoms with Gasteiger partial charge in [0, 0.05) is 31.0 Å². The zero-order chi connectivity index (χ0) is 11.7. The normalized spacial score (nSPS) is 11.0. The van der Waals surface area contributed by atoms with Gasteiger partial charge in [-0.1, -0.05) is 0 Å². The Labute approximate surface area is 94.9 Å². The van der Waals surface area contributed by atoms with Crippen LogP contribution in [0.25, 0.3) is 11.3 Å². The molecule has 0 amide bonds. The van der Waals surface area contributed by atoms with Gasteiger partial charge < -0.3 is 5.73 Å². The number of hydrogen-bond donors (Lipinski definition) is 1. The van der Waals surface area contributed by atoms with Crippen LogP contribution in [-0.4, -0.2) is 26.1 Å². The van der Waals surface area contributed by atoms with Gasteiger partial charge in [0.1, 0.15) is 0 Å². The third kappa shape index (κ3) is 1.74. The number of rotatable bonds is 3. The van der Waals surface area contributed by atoms with Gasteiger partial charge in [0.15, 0.2) is 0 Å². The van der Waals surface area contributed by atoms with Gasteiger partial charge in [-0.15, -0.1) is 0 Å². The molecule has 5 heteroatoms. The Morgan fingerprint density at radius 3 is 2.62 bits per heavy atom. The van der Waals surface area contributed by atoms with Crippen LogP contribution in [0.4, 0.5) is 0 Å². The quantitative estimate of drug-likeness (QED) is 0.832. The van der Waals surface area contributed by atoms with Gasteiger partial charge in [-0.2, -0.15) is 10.2 Å². The van der Waals surface area contributed by atoms with Gasteiger partial charge in [0.2, 0.25) is 0 Å². The van der Waals surface area contributed by atoms with Crippen LogP contribution in [0.3, 0.4) is 0 Å². The van der Waals surface area contributed by atoms with E-state index in [9.17, 15) is 0 Å². The lowest BCUT2D eigenvalue weighted by atomic mass is 10.1. The highest BCUT2D eigenvalue weighted by molar-refractivity contribution is 5.64. The summed E-state index contributed by atoms with van der Waals surface area (Å²) in [5, 5.41) is 8.87. The summed E-state index contributed by atoms with van der Waals surface area (Å²) in [7, 11) is 1.95. The second kappa shape index (κ2) is 4.09. The van der Waals surface area contributed by atoms with Crippen LogP contribution in [0.5, 0.6) is 0 Å². The standard InChI is InChI=1S/C11H17N5/c1-8-11(9(2)15(3)13-8)10-4-6-16(14-10)7-5-12/h4,6H,5,7,12H2,1-3H3. The van der Waals surface area contributed by atoms with E-state index in [1.807, 2.05) is 35.6 Å². The smallest absolute Gasteiger partial charge is 0.0960 e. The second-order valence-corrected chi connectivity index (χ2v) is 3.92. The van der Waals surface area contributed by atoms with E-state index < -0.39 is 0 Å². The summed E-state index contributed by atoms with van der Waals surface area (Å²) < 4.78 is 3.74. The number of nitrogens with zero attached hydrogens (tertiary/aromatic N) is 4. The first-order valence-electron chi connectivity index (χ1n) is 5.37. The van der Waals surface area contributed by atoms with Gasteiger partial charge in [0.05, 0.1) is 17.9 Å². The van der Waals surface area contributed by atoms with E-state index in [0.717, 1.165) is 29.2 Å². The van der Waals surface area contributed by atoms with Crippen LogP contribution in [0.15, 0.2) is 12.3 Å². The van der Waals surface area contributed by atoms with Crippen LogP contribution in [0.1, 0.15) is 11.4 Å². The highest BCUT2D eigenvalue weighted by atomic mass is 15.3. The number of hydrogen-bond acceptors (Lipinski definition) is 3. The average molecular weight is 219 g/mol. The Kier molecular flexibility index (Phi) is 2.78. The number of aromatic nitrogens is 4. The van der Waals surface area contributed by atoms with Crippen LogP contribution < -0.4 is 5.73 Å². The van der Waals surface area contributed by atoms with Crippen molar-refractivity contribution in [2.24, 2.45) is 12.8 Å². The highest BCUT2D eigenvalue weighted by Gasteiger charge is 2.13. The largest absolute Gasteiger partial charge is 0.329 e. The predicted molar refractivity (Wildman–Crippen MR) is 63.0 cm³/mol. The molecule has 0 bridgehead atoms. The second-order valence-electron chi connectivity index (χ2n) is 3.92. The van der Waals surface area contributed by atoms with Crippen molar-refractivity contribution < 1.29 is 0 Å². The molecule has 0 atom stereocenters. The lowest BCUT2D eigenvalue weighted by molar-refractivity contribution is 0.627. The fourth-order valence-electron chi connectivity index (χ4n) is 1.90. The molecule has 0 aliphatic rings. The third-order valence-electron chi connectivity index (χ3n) is 2.76. The van der Waals surface area contributed by atoms with Gasteiger partial charge >= 0.3 is 0 Å². The monoisotopic (exact) mass is 219 g/mol. The summed E-state index contributed by atoms with van der Waals surface area (Å²) in [6.45, 7) is 5.41. The fourth-order valence-corrected chi connectivity index (χ4v) is 1.90. The Morgan fingerprint density at radius 2 is 2.06 bits per heavy atom. The summed E-state index contributed by atoms with van der Waals surface area (Å²) in [6, 6.07) is 2.01. The summed E-state index contributed by atoms with van der Waals surface area (Å²) in [5.74, 6) is 0. The van der Waals surface area contributed by atoms with Crippen molar-refractivity contribution in [1.29, 1.82) is 0 Å². The van der Waals surface area contributed by atoms with Gasteiger partial charge in [-0.25, -0.2) is 0 Å². The summed E-state index contributed by atoms with van der Waals surface area (Å²) in [6.07, 6.45) is 1.95. The van der Waals surface area contributed by atoms with Crippen molar-refractivity contribution >= 4 is 0 Å². The van der Waals surface area contributed by atoms with Gasteiger partial charge in [0.25, 0.3) is 0 Å². The molecule has 0 unspecified atom stereocenters. The van der Waals surface area contributed by atoms with E-state index in [2.05, 4.69) is 17.1 Å². The molecular weight excluding hydrogens is 202 g/mol. The van der Waals surface area contributed by atoms with Crippen molar-refractivity contribution in [3.05, 3.63) is 23.7 Å². The molecule has 0 spiro atoms. The van der Waals surface area contributed by atoms with Crippen molar-refractivity contribution in [2.45, 2.75) is 20.4 Å². The molecule has 5 nitrogen and oxygen atoms in total. The molecule has 2 aromatic heterocycles. The molecule has 0 fully saturated rings. The summed E-state index contributed by atoms with van der Waals surface area (Å²) in [5.41, 5.74) is 9.73. The fraction of sp³-hybridized carbons (Fsp3) is 0.455. The Balaban J connectivity index is 2.42. The molecule has 0 aromatic carbocycles. The molecule has 2 aromatic rings. The summed E-state index contributed by atoms with van der Waals surface area (Å²) in [4.78, 5) is 0. The first-order valence-corrected chi connectivity index (χ1v) is 5.37. The minimum Gasteiger partial charge on any atom is -0.329 e. The molecular formula is C11H17N5. The SMILES string of the molecule is Cc1nn(C)c(C)c1-c1ccn(CCN)n1. The van der Waals surface area contributed by atoms with Crippen LogP contribution in [0, 0.1) is 13.8 Å². The molecule has 0 saturated carbocycles. The zero-order valence-corrected chi connectivity index (χ0v) is 9.94. The number of nitrogens with two attached hydrogens (primary N) is 1. The topological polar surface area (TPSA) is 61.7 Å². The highest BCUT2D eigenvalue weighted by Crippen LogP contribution is 2.24. The molecule has 16 heavy (non-hydrogen) atoms. The van der Waals surface area contributed by atoms with E-state index in [1.165, 1.54) is 0 Å². The van der Waals surface area contributed by atoms with E-state index in [0.29, 0.717) is 6.54 Å². The molecule has 0 aliphatic heterocycles. The average Bonchev–Trinajstić information content (AvgIpc) is 2.75. The third-order valence-corrected chi connectivity index (χ3v) is 2.76. The maximum Gasteiger partial charge on any atom is 0.0960 e. The Morgan fingerprint density at radius 1 is 1.31 bits per heavy atom. The van der Waals surface area contributed by atoms with Gasteiger partial charge in [-0.3, -0.25) is 9.36 Å². The van der Waals surface area contributed by atoms with Gasteiger partial charge in [-0.05, 0) is 19.9 Å². The number of aryl methyl sites for hydroxylation is 2. The zero-order valence-electron chi connectivity index (χ0n) is 9.94. The van der Waals surface area contributed by atoms with Crippen molar-refractivity contribution in [1.82, 2.24) is 19.6 Å². The van der Waals surface area contributed by atoms with Crippen molar-refractivity contribution in [2.75, 3.05) is 6.54 Å². The molecule has 2 heterocycles. The van der Waals surface area contributed by atoms with E-state index in [1.54, 1.807) is 0 Å². The minimum atomic E-state index is 0.603. The predicted octanol–water partition coefficient (Wildman–Crippen LogP) is 0.859. The lowest BCUT2D eigenvalue weighted by Crippen LogP contribution is -2.10. The first kappa shape index (κ1) is 10.9. The Bertz CT molecular complexity index is 494. The van der Waals surface area contributed by atoms with E-state index in [-0.39, 0.29) is 0 Å². The van der Waals surface area contributed by atoms with Crippen molar-refractivity contribution in [3.63, 3.8) is 0 Å². The van der Waals surface area contributed by atoms with Crippen LogP contribution >= 0.6 is 0 Å². The van der Waals surface area contributed by atoms with E-state index >= 15 is 0 Å². The molecule has 0 radical (unpaired) electrons.